The first-order valence-electron chi connectivity index (χ1n) is 9.70. The van der Waals surface area contributed by atoms with Crippen molar-refractivity contribution in [3.8, 4) is 0 Å². The Kier molecular flexibility index (Phi) is 4.97. The number of hydrogen-bond acceptors (Lipinski definition) is 6. The molecular weight excluding hydrogens is 358 g/mol. The largest absolute Gasteiger partial charge is 0.357 e. The van der Waals surface area contributed by atoms with Crippen LogP contribution in [0.15, 0.2) is 12.3 Å². The van der Waals surface area contributed by atoms with Crippen LogP contribution < -0.4 is 5.32 Å². The number of fused-ring (bicyclic) bond motifs is 1. The second-order valence-corrected chi connectivity index (χ2v) is 7.29. The van der Waals surface area contributed by atoms with Crippen LogP contribution in [0.4, 0.5) is 5.95 Å². The number of hydrogen-bond donors (Lipinski definition) is 1. The van der Waals surface area contributed by atoms with Crippen molar-refractivity contribution in [3.63, 3.8) is 0 Å². The molecule has 4 rings (SSSR count). The number of amides is 2. The minimum atomic E-state index is -0.0651. The molecule has 28 heavy (non-hydrogen) atoms. The van der Waals surface area contributed by atoms with Gasteiger partial charge in [-0.25, -0.2) is 9.97 Å². The van der Waals surface area contributed by atoms with Gasteiger partial charge >= 0.3 is 0 Å². The second kappa shape index (κ2) is 7.57. The van der Waals surface area contributed by atoms with E-state index in [1.807, 2.05) is 17.9 Å². The Labute approximate surface area is 163 Å². The summed E-state index contributed by atoms with van der Waals surface area (Å²) < 4.78 is 1.64. The van der Waals surface area contributed by atoms with Gasteiger partial charge < -0.3 is 15.1 Å². The van der Waals surface area contributed by atoms with Gasteiger partial charge in [-0.2, -0.15) is 5.10 Å². The van der Waals surface area contributed by atoms with Crippen LogP contribution in [0.2, 0.25) is 0 Å². The summed E-state index contributed by atoms with van der Waals surface area (Å²) in [5.74, 6) is 0.365. The van der Waals surface area contributed by atoms with E-state index in [-0.39, 0.29) is 18.4 Å². The van der Waals surface area contributed by atoms with Gasteiger partial charge in [-0.3, -0.25) is 14.3 Å². The Morgan fingerprint density at radius 3 is 2.61 bits per heavy atom. The lowest BCUT2D eigenvalue weighted by molar-refractivity contribution is -0.133. The van der Waals surface area contributed by atoms with E-state index in [1.54, 1.807) is 22.8 Å². The van der Waals surface area contributed by atoms with E-state index in [9.17, 15) is 9.59 Å². The third-order valence-electron chi connectivity index (χ3n) is 5.30. The maximum absolute atomic E-state index is 13.0. The highest BCUT2D eigenvalue weighted by atomic mass is 16.2. The van der Waals surface area contributed by atoms with Gasteiger partial charge in [-0.05, 0) is 25.8 Å². The van der Waals surface area contributed by atoms with Crippen molar-refractivity contribution in [1.29, 1.82) is 0 Å². The van der Waals surface area contributed by atoms with Crippen molar-refractivity contribution in [3.05, 3.63) is 34.9 Å². The van der Waals surface area contributed by atoms with Crippen LogP contribution in [0, 0.1) is 6.92 Å². The van der Waals surface area contributed by atoms with Crippen molar-refractivity contribution in [2.45, 2.75) is 39.3 Å². The predicted molar refractivity (Wildman–Crippen MR) is 103 cm³/mol. The first kappa shape index (κ1) is 18.4. The summed E-state index contributed by atoms with van der Waals surface area (Å²) in [6.07, 6.45) is 4.45. The van der Waals surface area contributed by atoms with Crippen molar-refractivity contribution < 1.29 is 9.59 Å². The molecule has 2 aromatic heterocycles. The maximum Gasteiger partial charge on any atom is 0.273 e. The van der Waals surface area contributed by atoms with Gasteiger partial charge in [0, 0.05) is 51.4 Å². The highest BCUT2D eigenvalue weighted by Gasteiger charge is 2.30. The van der Waals surface area contributed by atoms with Crippen LogP contribution >= 0.6 is 0 Å². The molecule has 0 bridgehead atoms. The van der Waals surface area contributed by atoms with E-state index in [0.717, 1.165) is 42.9 Å². The summed E-state index contributed by atoms with van der Waals surface area (Å²) in [4.78, 5) is 38.4. The molecule has 4 heterocycles. The Morgan fingerprint density at radius 1 is 1.14 bits per heavy atom. The fourth-order valence-electron chi connectivity index (χ4n) is 3.78. The molecule has 0 atom stereocenters. The van der Waals surface area contributed by atoms with Crippen molar-refractivity contribution in [2.24, 2.45) is 0 Å². The molecule has 1 N–H and O–H groups in total. The van der Waals surface area contributed by atoms with Gasteiger partial charge in [0.25, 0.3) is 5.91 Å². The molecule has 0 unspecified atom stereocenters. The van der Waals surface area contributed by atoms with Crippen LogP contribution in [0.5, 0.6) is 0 Å². The smallest absolute Gasteiger partial charge is 0.273 e. The molecule has 9 nitrogen and oxygen atoms in total. The molecule has 0 saturated carbocycles. The zero-order chi connectivity index (χ0) is 19.7. The van der Waals surface area contributed by atoms with E-state index < -0.39 is 0 Å². The second-order valence-electron chi connectivity index (χ2n) is 7.29. The molecular formula is C19H25N7O2. The zero-order valence-electron chi connectivity index (χ0n) is 16.3. The molecule has 0 aliphatic carbocycles. The molecule has 1 saturated heterocycles. The Balaban J connectivity index is 1.59. The molecule has 9 heteroatoms. The van der Waals surface area contributed by atoms with Crippen molar-refractivity contribution in [1.82, 2.24) is 29.5 Å². The third-order valence-corrected chi connectivity index (χ3v) is 5.30. The first-order valence-corrected chi connectivity index (χ1v) is 9.70. The molecule has 2 aliphatic heterocycles. The predicted octanol–water partition coefficient (Wildman–Crippen LogP) is 0.844. The van der Waals surface area contributed by atoms with Gasteiger partial charge in [-0.15, -0.1) is 0 Å². The van der Waals surface area contributed by atoms with Crippen LogP contribution in [0.25, 0.3) is 0 Å². The van der Waals surface area contributed by atoms with Crippen LogP contribution in [0.1, 0.15) is 40.3 Å². The van der Waals surface area contributed by atoms with Gasteiger partial charge in [0.15, 0.2) is 0 Å². The van der Waals surface area contributed by atoms with E-state index in [0.29, 0.717) is 31.2 Å². The van der Waals surface area contributed by atoms with Crippen molar-refractivity contribution in [2.75, 3.05) is 32.0 Å². The quantitative estimate of drug-likeness (QED) is 0.841. The number of likely N-dealkylation sites (tertiary alicyclic amines) is 1. The summed E-state index contributed by atoms with van der Waals surface area (Å²) in [6, 6.07) is 1.87. The highest BCUT2D eigenvalue weighted by Crippen LogP contribution is 2.24. The number of rotatable bonds is 4. The molecule has 0 radical (unpaired) electrons. The number of aromatic nitrogens is 4. The number of anilines is 1. The third kappa shape index (κ3) is 3.56. The highest BCUT2D eigenvalue weighted by molar-refractivity contribution is 5.94. The molecule has 2 aromatic rings. The molecule has 2 amide bonds. The number of nitrogens with zero attached hydrogens (tertiary/aromatic N) is 6. The lowest BCUT2D eigenvalue weighted by Gasteiger charge is -2.30. The Hall–Kier alpha value is -2.97. The lowest BCUT2D eigenvalue weighted by atomic mass is 10.0. The van der Waals surface area contributed by atoms with Gasteiger partial charge in [-0.1, -0.05) is 0 Å². The number of aryl methyl sites for hydroxylation is 1. The summed E-state index contributed by atoms with van der Waals surface area (Å²) in [5, 5.41) is 7.23. The van der Waals surface area contributed by atoms with E-state index in [2.05, 4.69) is 20.4 Å². The van der Waals surface area contributed by atoms with Gasteiger partial charge in [0.2, 0.25) is 11.9 Å². The van der Waals surface area contributed by atoms with Crippen molar-refractivity contribution >= 4 is 17.8 Å². The fraction of sp³-hybridized carbons (Fsp3) is 0.526. The minimum Gasteiger partial charge on any atom is -0.357 e. The Morgan fingerprint density at radius 2 is 1.93 bits per heavy atom. The van der Waals surface area contributed by atoms with Crippen LogP contribution in [-0.4, -0.2) is 68.0 Å². The average molecular weight is 383 g/mol. The monoisotopic (exact) mass is 383 g/mol. The average Bonchev–Trinajstić information content (AvgIpc) is 3.38. The summed E-state index contributed by atoms with van der Waals surface area (Å²) in [7, 11) is 1.75. The van der Waals surface area contributed by atoms with Crippen LogP contribution in [0.3, 0.4) is 0 Å². The lowest BCUT2D eigenvalue weighted by Crippen LogP contribution is -2.40. The molecule has 148 valence electrons. The summed E-state index contributed by atoms with van der Waals surface area (Å²) in [6.45, 7) is 4.53. The first-order chi connectivity index (χ1) is 13.5. The summed E-state index contributed by atoms with van der Waals surface area (Å²) in [5.41, 5.74) is 2.92. The molecule has 0 spiro atoms. The van der Waals surface area contributed by atoms with E-state index in [1.165, 1.54) is 0 Å². The van der Waals surface area contributed by atoms with E-state index >= 15 is 0 Å². The minimum absolute atomic E-state index is 0.0222. The van der Waals surface area contributed by atoms with Gasteiger partial charge in [0.1, 0.15) is 12.2 Å². The SMILES string of the molecule is CNc1nc2c(c(C(=O)N3CCCC3)n1)CN(C(=O)Cn1ccc(C)n1)CC2. The normalized spacial score (nSPS) is 16.2. The summed E-state index contributed by atoms with van der Waals surface area (Å²) >= 11 is 0. The zero-order valence-corrected chi connectivity index (χ0v) is 16.3. The Bertz CT molecular complexity index is 902. The molecule has 2 aliphatic rings. The topological polar surface area (TPSA) is 96.3 Å². The number of nitrogens with one attached hydrogen (secondary N) is 1. The number of carbonyl (C=O) groups excluding carboxylic acids is 2. The standard InChI is InChI=1S/C19H25N7O2/c1-13-5-10-26(23-13)12-16(27)25-9-6-15-14(11-25)17(22-19(20-2)21-15)18(28)24-7-3-4-8-24/h5,10H,3-4,6-9,11-12H2,1-2H3,(H,20,21,22). The molecule has 0 aromatic carbocycles. The maximum atomic E-state index is 13.0. The molecule has 1 fully saturated rings. The van der Waals surface area contributed by atoms with E-state index in [4.69, 9.17) is 0 Å². The fourth-order valence-corrected chi connectivity index (χ4v) is 3.78. The van der Waals surface area contributed by atoms with Crippen LogP contribution in [-0.2, 0) is 24.3 Å². The van der Waals surface area contributed by atoms with Gasteiger partial charge in [0.05, 0.1) is 11.4 Å². The number of carbonyl (C=O) groups is 2.